The molecule has 0 saturated carbocycles. The van der Waals surface area contributed by atoms with Gasteiger partial charge in [0.25, 0.3) is 0 Å². The Morgan fingerprint density at radius 2 is 2.14 bits per heavy atom. The molecule has 0 spiro atoms. The zero-order valence-corrected chi connectivity index (χ0v) is 12.9. The number of nitrogens with zero attached hydrogens (tertiary/aromatic N) is 2. The number of hydrogen-bond acceptors (Lipinski definition) is 4. The van der Waals surface area contributed by atoms with Crippen molar-refractivity contribution in [2.75, 3.05) is 13.7 Å². The fourth-order valence-corrected chi connectivity index (χ4v) is 3.03. The third-order valence-electron chi connectivity index (χ3n) is 3.74. The van der Waals surface area contributed by atoms with Crippen molar-refractivity contribution in [3.8, 4) is 0 Å². The van der Waals surface area contributed by atoms with E-state index in [0.29, 0.717) is 11.2 Å². The lowest BCUT2D eigenvalue weighted by Gasteiger charge is -2.28. The predicted octanol–water partition coefficient (Wildman–Crippen LogP) is 2.84. The van der Waals surface area contributed by atoms with Crippen molar-refractivity contribution < 1.29 is 4.74 Å². The first kappa shape index (κ1) is 14.4. The average Bonchev–Trinajstić information content (AvgIpc) is 2.49. The van der Waals surface area contributed by atoms with Gasteiger partial charge >= 0.3 is 0 Å². The van der Waals surface area contributed by atoms with Gasteiger partial charge in [0.2, 0.25) is 0 Å². The fraction of sp³-hybridized carbons (Fsp3) is 0.375. The van der Waals surface area contributed by atoms with Crippen LogP contribution in [0.2, 0.25) is 0 Å². The number of nitrogens with one attached hydrogen (secondary N) is 1. The van der Waals surface area contributed by atoms with Crippen LogP contribution in [-0.4, -0.2) is 28.5 Å². The number of ether oxygens (including phenoxy) is 1. The molecule has 0 bridgehead atoms. The van der Waals surface area contributed by atoms with E-state index < -0.39 is 0 Å². The standard InChI is InChI=1S/C16H19N3OS/c1-20-11-15-17-14-7-8-19(10-13(14)16(21)18-15)9-12-5-3-2-4-6-12/h2-6H,7-11H2,1H3,(H,17,18,21). The van der Waals surface area contributed by atoms with Crippen LogP contribution in [0.5, 0.6) is 0 Å². The molecule has 1 aromatic heterocycles. The molecule has 5 heteroatoms. The summed E-state index contributed by atoms with van der Waals surface area (Å²) in [5.74, 6) is 0.817. The van der Waals surface area contributed by atoms with Gasteiger partial charge in [-0.2, -0.15) is 0 Å². The van der Waals surface area contributed by atoms with E-state index >= 15 is 0 Å². The second-order valence-corrected chi connectivity index (χ2v) is 5.71. The van der Waals surface area contributed by atoms with Gasteiger partial charge in [0, 0.05) is 44.4 Å². The Kier molecular flexibility index (Phi) is 4.43. The third kappa shape index (κ3) is 3.37. The number of hydrogen-bond donors (Lipinski definition) is 1. The van der Waals surface area contributed by atoms with Gasteiger partial charge in [0.1, 0.15) is 17.1 Å². The first-order chi connectivity index (χ1) is 10.3. The molecule has 0 unspecified atom stereocenters. The molecule has 110 valence electrons. The number of benzene rings is 1. The Labute approximate surface area is 129 Å². The van der Waals surface area contributed by atoms with Crippen molar-refractivity contribution >= 4 is 12.2 Å². The number of H-pyrrole nitrogens is 1. The highest BCUT2D eigenvalue weighted by Gasteiger charge is 2.19. The molecule has 4 nitrogen and oxygen atoms in total. The number of aromatic amines is 1. The van der Waals surface area contributed by atoms with Crippen molar-refractivity contribution in [2.45, 2.75) is 26.1 Å². The zero-order chi connectivity index (χ0) is 14.7. The van der Waals surface area contributed by atoms with E-state index in [0.717, 1.165) is 37.4 Å². The van der Waals surface area contributed by atoms with Gasteiger partial charge in [0.15, 0.2) is 0 Å². The van der Waals surface area contributed by atoms with Crippen LogP contribution in [0.1, 0.15) is 22.6 Å². The van der Waals surface area contributed by atoms with Crippen molar-refractivity contribution in [3.63, 3.8) is 0 Å². The summed E-state index contributed by atoms with van der Waals surface area (Å²) in [6, 6.07) is 10.5. The van der Waals surface area contributed by atoms with Gasteiger partial charge in [-0.1, -0.05) is 42.5 Å². The number of rotatable bonds is 4. The molecule has 2 heterocycles. The SMILES string of the molecule is COCc1nc(=S)c2c([nH]1)CCN(Cc1ccccc1)C2. The number of fused-ring (bicyclic) bond motifs is 1. The van der Waals surface area contributed by atoms with Crippen LogP contribution in [0.25, 0.3) is 0 Å². The molecule has 0 fully saturated rings. The van der Waals surface area contributed by atoms with E-state index in [9.17, 15) is 0 Å². The molecular weight excluding hydrogens is 282 g/mol. The summed E-state index contributed by atoms with van der Waals surface area (Å²) in [5.41, 5.74) is 3.71. The highest BCUT2D eigenvalue weighted by Crippen LogP contribution is 2.20. The van der Waals surface area contributed by atoms with Crippen LogP contribution in [-0.2, 0) is 30.9 Å². The Morgan fingerprint density at radius 3 is 2.90 bits per heavy atom. The smallest absolute Gasteiger partial charge is 0.134 e. The van der Waals surface area contributed by atoms with Gasteiger partial charge in [-0.25, -0.2) is 4.98 Å². The molecule has 1 aliphatic rings. The lowest BCUT2D eigenvalue weighted by atomic mass is 10.1. The van der Waals surface area contributed by atoms with E-state index in [-0.39, 0.29) is 0 Å². The van der Waals surface area contributed by atoms with Crippen LogP contribution in [0.4, 0.5) is 0 Å². The predicted molar refractivity (Wildman–Crippen MR) is 84.4 cm³/mol. The minimum atomic E-state index is 0.477. The average molecular weight is 301 g/mol. The summed E-state index contributed by atoms with van der Waals surface area (Å²) < 4.78 is 5.83. The van der Waals surface area contributed by atoms with Gasteiger partial charge < -0.3 is 9.72 Å². The maximum absolute atomic E-state index is 5.44. The van der Waals surface area contributed by atoms with Gasteiger partial charge in [-0.15, -0.1) is 0 Å². The topological polar surface area (TPSA) is 41.1 Å². The molecular formula is C16H19N3OS. The monoisotopic (exact) mass is 301 g/mol. The summed E-state index contributed by atoms with van der Waals surface area (Å²) in [4.78, 5) is 10.2. The second-order valence-electron chi connectivity index (χ2n) is 5.33. The molecule has 1 N–H and O–H groups in total. The first-order valence-electron chi connectivity index (χ1n) is 7.12. The van der Waals surface area contributed by atoms with E-state index in [1.807, 2.05) is 6.07 Å². The minimum absolute atomic E-state index is 0.477. The molecule has 1 aliphatic heterocycles. The Morgan fingerprint density at radius 1 is 1.33 bits per heavy atom. The third-order valence-corrected chi connectivity index (χ3v) is 4.08. The van der Waals surface area contributed by atoms with Gasteiger partial charge in [-0.3, -0.25) is 4.90 Å². The van der Waals surface area contributed by atoms with Crippen molar-refractivity contribution in [3.05, 3.63) is 57.6 Å². The summed E-state index contributed by atoms with van der Waals surface area (Å²) in [7, 11) is 1.67. The zero-order valence-electron chi connectivity index (χ0n) is 12.1. The number of aromatic nitrogens is 2. The van der Waals surface area contributed by atoms with Crippen molar-refractivity contribution in [1.29, 1.82) is 0 Å². The second kappa shape index (κ2) is 6.47. The molecule has 0 amide bonds. The van der Waals surface area contributed by atoms with E-state index in [1.165, 1.54) is 11.3 Å². The van der Waals surface area contributed by atoms with E-state index in [4.69, 9.17) is 17.0 Å². The molecule has 0 atom stereocenters. The van der Waals surface area contributed by atoms with Crippen LogP contribution in [0.15, 0.2) is 30.3 Å². The van der Waals surface area contributed by atoms with Crippen LogP contribution >= 0.6 is 12.2 Å². The van der Waals surface area contributed by atoms with Gasteiger partial charge in [0.05, 0.1) is 0 Å². The van der Waals surface area contributed by atoms with E-state index in [1.54, 1.807) is 7.11 Å². The molecule has 0 saturated heterocycles. The molecule has 0 aliphatic carbocycles. The lowest BCUT2D eigenvalue weighted by molar-refractivity contribution is 0.176. The summed E-state index contributed by atoms with van der Waals surface area (Å²) >= 11 is 5.44. The van der Waals surface area contributed by atoms with Crippen LogP contribution in [0, 0.1) is 4.64 Å². The summed E-state index contributed by atoms with van der Waals surface area (Å²) in [6.45, 7) is 3.32. The van der Waals surface area contributed by atoms with Gasteiger partial charge in [-0.05, 0) is 5.56 Å². The largest absolute Gasteiger partial charge is 0.377 e. The Hall–Kier alpha value is -1.56. The number of methoxy groups -OCH3 is 1. The Bertz CT molecular complexity index is 669. The highest BCUT2D eigenvalue weighted by atomic mass is 32.1. The van der Waals surface area contributed by atoms with Crippen LogP contribution in [0.3, 0.4) is 0 Å². The quantitative estimate of drug-likeness (QED) is 0.882. The normalized spacial score (nSPS) is 14.9. The lowest BCUT2D eigenvalue weighted by Crippen LogP contribution is -2.31. The maximum Gasteiger partial charge on any atom is 0.134 e. The summed E-state index contributed by atoms with van der Waals surface area (Å²) in [6.07, 6.45) is 0.977. The van der Waals surface area contributed by atoms with Crippen molar-refractivity contribution in [2.24, 2.45) is 0 Å². The fourth-order valence-electron chi connectivity index (χ4n) is 2.73. The molecule has 1 aromatic carbocycles. The minimum Gasteiger partial charge on any atom is -0.377 e. The molecule has 21 heavy (non-hydrogen) atoms. The Balaban J connectivity index is 1.78. The molecule has 0 radical (unpaired) electrons. The van der Waals surface area contributed by atoms with Crippen molar-refractivity contribution in [1.82, 2.24) is 14.9 Å². The highest BCUT2D eigenvalue weighted by molar-refractivity contribution is 7.71. The first-order valence-corrected chi connectivity index (χ1v) is 7.53. The molecule has 3 rings (SSSR count). The maximum atomic E-state index is 5.44. The van der Waals surface area contributed by atoms with E-state index in [2.05, 4.69) is 39.1 Å². The summed E-state index contributed by atoms with van der Waals surface area (Å²) in [5, 5.41) is 0. The van der Waals surface area contributed by atoms with Crippen LogP contribution < -0.4 is 0 Å². The molecule has 2 aromatic rings.